The Morgan fingerprint density at radius 2 is 1.89 bits per heavy atom. The Kier molecular flexibility index (Phi) is 4.21. The molecule has 0 spiro atoms. The lowest BCUT2D eigenvalue weighted by Crippen LogP contribution is -2.15. The maximum Gasteiger partial charge on any atom is 0.258 e. The first-order chi connectivity index (χ1) is 8.99. The molecule has 0 radical (unpaired) electrons. The van der Waals surface area contributed by atoms with E-state index in [4.69, 9.17) is 0 Å². The average Bonchev–Trinajstić information content (AvgIpc) is 2.37. The van der Waals surface area contributed by atoms with Crippen molar-refractivity contribution in [1.82, 2.24) is 0 Å². The second kappa shape index (κ2) is 5.71. The normalized spacial score (nSPS) is 10.3. The van der Waals surface area contributed by atoms with Gasteiger partial charge in [-0.15, -0.1) is 12.6 Å². The van der Waals surface area contributed by atoms with Crippen molar-refractivity contribution in [3.63, 3.8) is 0 Å². The van der Waals surface area contributed by atoms with Crippen molar-refractivity contribution in [2.45, 2.75) is 4.90 Å². The van der Waals surface area contributed by atoms with E-state index in [2.05, 4.69) is 33.9 Å². The summed E-state index contributed by atoms with van der Waals surface area (Å²) in [6.45, 7) is 0. The number of anilines is 1. The zero-order valence-corrected chi connectivity index (χ0v) is 11.9. The summed E-state index contributed by atoms with van der Waals surface area (Å²) in [5, 5.41) is 2.33. The summed E-state index contributed by atoms with van der Waals surface area (Å²) in [6.07, 6.45) is 0. The minimum atomic E-state index is -0.737. The van der Waals surface area contributed by atoms with Gasteiger partial charge < -0.3 is 5.32 Å². The van der Waals surface area contributed by atoms with Gasteiger partial charge in [0.2, 0.25) is 0 Å². The number of hydrogen-bond acceptors (Lipinski definition) is 2. The van der Waals surface area contributed by atoms with Crippen LogP contribution in [0.5, 0.6) is 0 Å². The number of nitrogens with one attached hydrogen (secondary N) is 1. The zero-order valence-electron chi connectivity index (χ0n) is 9.45. The number of carbonyl (C=O) groups is 1. The summed E-state index contributed by atoms with van der Waals surface area (Å²) >= 11 is 7.15. The van der Waals surface area contributed by atoms with E-state index in [1.165, 1.54) is 24.3 Å². The van der Waals surface area contributed by atoms with Crippen LogP contribution in [0.25, 0.3) is 0 Å². The summed E-state index contributed by atoms with van der Waals surface area (Å²) in [5.41, 5.74) is -0.223. The highest BCUT2D eigenvalue weighted by Gasteiger charge is 2.15. The number of rotatable bonds is 2. The Morgan fingerprint density at radius 1 is 1.16 bits per heavy atom. The molecule has 0 aliphatic heterocycles. The van der Waals surface area contributed by atoms with Crippen LogP contribution in [0.3, 0.4) is 0 Å². The van der Waals surface area contributed by atoms with Gasteiger partial charge in [0, 0.05) is 9.37 Å². The molecule has 0 saturated carbocycles. The molecule has 2 nitrogen and oxygen atoms in total. The molecule has 1 N–H and O–H groups in total. The number of hydrogen-bond donors (Lipinski definition) is 2. The van der Waals surface area contributed by atoms with E-state index in [0.29, 0.717) is 9.37 Å². The molecular formula is C13H8BrF2NOS. The molecule has 19 heavy (non-hydrogen) atoms. The van der Waals surface area contributed by atoms with E-state index < -0.39 is 17.5 Å². The molecule has 0 saturated heterocycles. The number of amides is 1. The fourth-order valence-electron chi connectivity index (χ4n) is 1.49. The van der Waals surface area contributed by atoms with E-state index >= 15 is 0 Å². The van der Waals surface area contributed by atoms with Crippen molar-refractivity contribution in [3.05, 3.63) is 58.1 Å². The van der Waals surface area contributed by atoms with Gasteiger partial charge in [0.05, 0.1) is 11.3 Å². The highest BCUT2D eigenvalue weighted by atomic mass is 79.9. The minimum Gasteiger partial charge on any atom is -0.318 e. The van der Waals surface area contributed by atoms with Crippen molar-refractivity contribution < 1.29 is 13.6 Å². The van der Waals surface area contributed by atoms with Gasteiger partial charge in [0.25, 0.3) is 5.91 Å². The monoisotopic (exact) mass is 343 g/mol. The van der Waals surface area contributed by atoms with E-state index in [9.17, 15) is 13.6 Å². The number of halogens is 3. The zero-order chi connectivity index (χ0) is 14.0. The lowest BCUT2D eigenvalue weighted by molar-refractivity contribution is 0.102. The molecule has 0 unspecified atom stereocenters. The van der Waals surface area contributed by atoms with Crippen LogP contribution in [0.2, 0.25) is 0 Å². The molecule has 0 aromatic heterocycles. The van der Waals surface area contributed by atoms with Gasteiger partial charge in [-0.05, 0) is 46.3 Å². The van der Waals surface area contributed by atoms with Gasteiger partial charge in [0.15, 0.2) is 0 Å². The van der Waals surface area contributed by atoms with Gasteiger partial charge in [-0.2, -0.15) is 0 Å². The summed E-state index contributed by atoms with van der Waals surface area (Å²) in [6, 6.07) is 8.10. The molecule has 1 amide bonds. The largest absolute Gasteiger partial charge is 0.318 e. The molecule has 2 rings (SSSR count). The lowest BCUT2D eigenvalue weighted by Gasteiger charge is -2.09. The van der Waals surface area contributed by atoms with Crippen LogP contribution >= 0.6 is 28.6 Å². The summed E-state index contributed by atoms with van der Waals surface area (Å²) < 4.78 is 27.5. The molecule has 0 bridgehead atoms. The standard InChI is InChI=1S/C13H8BrF2NOS/c14-9-2-1-3-11(16)12(9)17-13(18)8-6-7(19)4-5-10(8)15/h1-6,19H,(H,17,18). The van der Waals surface area contributed by atoms with Gasteiger partial charge in [-0.25, -0.2) is 8.78 Å². The Balaban J connectivity index is 2.34. The Hall–Kier alpha value is -1.40. The maximum atomic E-state index is 13.6. The SMILES string of the molecule is O=C(Nc1c(F)cccc1Br)c1cc(S)ccc1F. The van der Waals surface area contributed by atoms with E-state index in [-0.39, 0.29) is 11.3 Å². The fraction of sp³-hybridized carbons (Fsp3) is 0. The van der Waals surface area contributed by atoms with Crippen molar-refractivity contribution in [2.75, 3.05) is 5.32 Å². The highest BCUT2D eigenvalue weighted by Crippen LogP contribution is 2.26. The van der Waals surface area contributed by atoms with Crippen molar-refractivity contribution >= 4 is 40.2 Å². The van der Waals surface area contributed by atoms with Crippen LogP contribution in [0.15, 0.2) is 45.8 Å². The van der Waals surface area contributed by atoms with E-state index in [1.807, 2.05) is 0 Å². The third kappa shape index (κ3) is 3.13. The third-order valence-electron chi connectivity index (χ3n) is 2.40. The third-order valence-corrected chi connectivity index (χ3v) is 3.33. The highest BCUT2D eigenvalue weighted by molar-refractivity contribution is 9.10. The quantitative estimate of drug-likeness (QED) is 0.783. The smallest absolute Gasteiger partial charge is 0.258 e. The number of carbonyl (C=O) groups excluding carboxylic acids is 1. The first kappa shape index (κ1) is 14.0. The molecule has 0 aliphatic carbocycles. The Morgan fingerprint density at radius 3 is 2.58 bits per heavy atom. The van der Waals surface area contributed by atoms with Crippen molar-refractivity contribution in [3.8, 4) is 0 Å². The summed E-state index contributed by atoms with van der Waals surface area (Å²) in [7, 11) is 0. The second-order valence-corrected chi connectivity index (χ2v) is 5.09. The molecule has 0 heterocycles. The molecule has 0 atom stereocenters. The molecule has 0 aliphatic rings. The van der Waals surface area contributed by atoms with Crippen molar-refractivity contribution in [2.24, 2.45) is 0 Å². The minimum absolute atomic E-state index is 0.0310. The summed E-state index contributed by atoms with van der Waals surface area (Å²) in [4.78, 5) is 12.4. The number of benzene rings is 2. The molecule has 98 valence electrons. The molecule has 0 fully saturated rings. The van der Waals surface area contributed by atoms with Crippen LogP contribution < -0.4 is 5.32 Å². The number of thiol groups is 1. The lowest BCUT2D eigenvalue weighted by atomic mass is 10.2. The molecule has 6 heteroatoms. The topological polar surface area (TPSA) is 29.1 Å². The van der Waals surface area contributed by atoms with Gasteiger partial charge in [-0.1, -0.05) is 6.07 Å². The summed E-state index contributed by atoms with van der Waals surface area (Å²) in [5.74, 6) is -2.04. The molecule has 2 aromatic rings. The predicted octanol–water partition coefficient (Wildman–Crippen LogP) is 4.27. The molecule has 2 aromatic carbocycles. The maximum absolute atomic E-state index is 13.6. The van der Waals surface area contributed by atoms with Gasteiger partial charge in [0.1, 0.15) is 11.6 Å². The van der Waals surface area contributed by atoms with Gasteiger partial charge in [-0.3, -0.25) is 4.79 Å². The van der Waals surface area contributed by atoms with Gasteiger partial charge >= 0.3 is 0 Å². The fourth-order valence-corrected chi connectivity index (χ4v) is 2.13. The van der Waals surface area contributed by atoms with Crippen LogP contribution in [-0.4, -0.2) is 5.91 Å². The van der Waals surface area contributed by atoms with Crippen LogP contribution in [0, 0.1) is 11.6 Å². The van der Waals surface area contributed by atoms with E-state index in [0.717, 1.165) is 6.07 Å². The van der Waals surface area contributed by atoms with E-state index in [1.54, 1.807) is 6.07 Å². The second-order valence-electron chi connectivity index (χ2n) is 3.71. The van der Waals surface area contributed by atoms with Crippen LogP contribution in [0.4, 0.5) is 14.5 Å². The first-order valence-electron chi connectivity index (χ1n) is 5.23. The predicted molar refractivity (Wildman–Crippen MR) is 75.7 cm³/mol. The molecular weight excluding hydrogens is 336 g/mol. The van der Waals surface area contributed by atoms with Crippen molar-refractivity contribution in [1.29, 1.82) is 0 Å². The van der Waals surface area contributed by atoms with Crippen LogP contribution in [0.1, 0.15) is 10.4 Å². The average molecular weight is 344 g/mol. The Labute approximate surface area is 122 Å². The first-order valence-corrected chi connectivity index (χ1v) is 6.47. The van der Waals surface area contributed by atoms with Crippen LogP contribution in [-0.2, 0) is 0 Å². The Bertz CT molecular complexity index is 628. The number of para-hydroxylation sites is 1.